The molecule has 5 heteroatoms. The van der Waals surface area contributed by atoms with Crippen molar-refractivity contribution in [2.75, 3.05) is 5.32 Å². The van der Waals surface area contributed by atoms with Gasteiger partial charge < -0.3 is 10.4 Å². The van der Waals surface area contributed by atoms with E-state index in [1.54, 1.807) is 36.4 Å². The van der Waals surface area contributed by atoms with Crippen molar-refractivity contribution in [3.05, 3.63) is 64.7 Å². The molecule has 2 rings (SSSR count). The molecule has 0 aliphatic rings. The molecular formula is C14H10ClNO3. The SMILES string of the molecule is O=C(O)c1ccccc1C(=O)Nc1cccc(Cl)c1. The van der Waals surface area contributed by atoms with Gasteiger partial charge in [0.2, 0.25) is 0 Å². The van der Waals surface area contributed by atoms with E-state index in [0.717, 1.165) is 0 Å². The second-order valence-corrected chi connectivity index (χ2v) is 4.25. The average Bonchev–Trinajstić information content (AvgIpc) is 2.38. The van der Waals surface area contributed by atoms with E-state index >= 15 is 0 Å². The number of carbonyl (C=O) groups excluding carboxylic acids is 1. The van der Waals surface area contributed by atoms with Gasteiger partial charge in [-0.25, -0.2) is 4.79 Å². The average molecular weight is 276 g/mol. The van der Waals surface area contributed by atoms with Crippen molar-refractivity contribution in [1.82, 2.24) is 0 Å². The molecule has 0 bridgehead atoms. The number of carboxylic acid groups (broad SMARTS) is 1. The number of aromatic carboxylic acids is 1. The fourth-order valence-corrected chi connectivity index (χ4v) is 1.82. The van der Waals surface area contributed by atoms with Gasteiger partial charge in [0.05, 0.1) is 11.1 Å². The summed E-state index contributed by atoms with van der Waals surface area (Å²) in [7, 11) is 0. The van der Waals surface area contributed by atoms with Crippen molar-refractivity contribution >= 4 is 29.2 Å². The maximum atomic E-state index is 12.0. The molecular weight excluding hydrogens is 266 g/mol. The van der Waals surface area contributed by atoms with E-state index in [0.29, 0.717) is 10.7 Å². The normalized spacial score (nSPS) is 9.95. The quantitative estimate of drug-likeness (QED) is 0.903. The van der Waals surface area contributed by atoms with Crippen LogP contribution in [0.2, 0.25) is 5.02 Å². The zero-order valence-corrected chi connectivity index (χ0v) is 10.5. The first-order valence-electron chi connectivity index (χ1n) is 5.47. The highest BCUT2D eigenvalue weighted by molar-refractivity contribution is 6.31. The Kier molecular flexibility index (Phi) is 3.82. The number of rotatable bonds is 3. The molecule has 0 atom stereocenters. The third-order valence-corrected chi connectivity index (χ3v) is 2.72. The van der Waals surface area contributed by atoms with Gasteiger partial charge in [-0.3, -0.25) is 4.79 Å². The number of anilines is 1. The number of carboxylic acids is 1. The highest BCUT2D eigenvalue weighted by Crippen LogP contribution is 2.17. The van der Waals surface area contributed by atoms with Gasteiger partial charge in [0.15, 0.2) is 0 Å². The Hall–Kier alpha value is -2.33. The Morgan fingerprint density at radius 3 is 2.32 bits per heavy atom. The minimum Gasteiger partial charge on any atom is -0.478 e. The summed E-state index contributed by atoms with van der Waals surface area (Å²) in [5.74, 6) is -1.63. The summed E-state index contributed by atoms with van der Waals surface area (Å²) in [5, 5.41) is 12.1. The van der Waals surface area contributed by atoms with Gasteiger partial charge in [-0.15, -0.1) is 0 Å². The fourth-order valence-electron chi connectivity index (χ4n) is 1.63. The fraction of sp³-hybridized carbons (Fsp3) is 0. The van der Waals surface area contributed by atoms with Crippen LogP contribution >= 0.6 is 11.6 Å². The van der Waals surface area contributed by atoms with Gasteiger partial charge in [-0.1, -0.05) is 29.8 Å². The Morgan fingerprint density at radius 2 is 1.68 bits per heavy atom. The van der Waals surface area contributed by atoms with Crippen LogP contribution in [0.5, 0.6) is 0 Å². The van der Waals surface area contributed by atoms with Gasteiger partial charge in [0.25, 0.3) is 5.91 Å². The van der Waals surface area contributed by atoms with E-state index in [1.807, 2.05) is 0 Å². The molecule has 0 aromatic heterocycles. The van der Waals surface area contributed by atoms with Crippen LogP contribution in [-0.2, 0) is 0 Å². The van der Waals surface area contributed by atoms with E-state index in [2.05, 4.69) is 5.32 Å². The zero-order chi connectivity index (χ0) is 13.8. The minimum atomic E-state index is -1.14. The van der Waals surface area contributed by atoms with Gasteiger partial charge in [-0.2, -0.15) is 0 Å². The van der Waals surface area contributed by atoms with Gasteiger partial charge >= 0.3 is 5.97 Å². The largest absolute Gasteiger partial charge is 0.478 e. The third-order valence-electron chi connectivity index (χ3n) is 2.48. The first-order chi connectivity index (χ1) is 9.08. The zero-order valence-electron chi connectivity index (χ0n) is 9.76. The summed E-state index contributed by atoms with van der Waals surface area (Å²) in [4.78, 5) is 23.1. The standard InChI is InChI=1S/C14H10ClNO3/c15-9-4-3-5-10(8-9)16-13(17)11-6-1-2-7-12(11)14(18)19/h1-8H,(H,16,17)(H,18,19). The molecule has 96 valence electrons. The summed E-state index contributed by atoms with van der Waals surface area (Å²) in [6.45, 7) is 0. The smallest absolute Gasteiger partial charge is 0.336 e. The number of hydrogen-bond acceptors (Lipinski definition) is 2. The van der Waals surface area contributed by atoms with Crippen LogP contribution in [0.3, 0.4) is 0 Å². The van der Waals surface area contributed by atoms with Crippen LogP contribution in [0.1, 0.15) is 20.7 Å². The third kappa shape index (κ3) is 3.11. The van der Waals surface area contributed by atoms with Crippen LogP contribution < -0.4 is 5.32 Å². The van der Waals surface area contributed by atoms with Crippen LogP contribution in [0, 0.1) is 0 Å². The summed E-state index contributed by atoms with van der Waals surface area (Å²) >= 11 is 5.81. The molecule has 4 nitrogen and oxygen atoms in total. The van der Waals surface area contributed by atoms with Crippen molar-refractivity contribution in [2.24, 2.45) is 0 Å². The molecule has 0 aliphatic heterocycles. The minimum absolute atomic E-state index is 0.0398. The van der Waals surface area contributed by atoms with Gasteiger partial charge in [0.1, 0.15) is 0 Å². The lowest BCUT2D eigenvalue weighted by atomic mass is 10.1. The summed E-state index contributed by atoms with van der Waals surface area (Å²) in [6.07, 6.45) is 0. The maximum Gasteiger partial charge on any atom is 0.336 e. The van der Waals surface area contributed by atoms with Gasteiger partial charge in [0, 0.05) is 10.7 Å². The molecule has 1 amide bonds. The number of halogens is 1. The number of carbonyl (C=O) groups is 2. The number of hydrogen-bond donors (Lipinski definition) is 2. The van der Waals surface area contributed by atoms with E-state index in [-0.39, 0.29) is 11.1 Å². The van der Waals surface area contributed by atoms with Gasteiger partial charge in [-0.05, 0) is 30.3 Å². The van der Waals surface area contributed by atoms with E-state index < -0.39 is 11.9 Å². The second-order valence-electron chi connectivity index (χ2n) is 3.82. The number of amides is 1. The molecule has 0 radical (unpaired) electrons. The van der Waals surface area contributed by atoms with Crippen LogP contribution in [0.15, 0.2) is 48.5 Å². The summed E-state index contributed by atoms with van der Waals surface area (Å²) < 4.78 is 0. The van der Waals surface area contributed by atoms with E-state index in [1.165, 1.54) is 12.1 Å². The van der Waals surface area contributed by atoms with Crippen LogP contribution in [-0.4, -0.2) is 17.0 Å². The Balaban J connectivity index is 2.28. The van der Waals surface area contributed by atoms with Crippen LogP contribution in [0.25, 0.3) is 0 Å². The number of nitrogens with one attached hydrogen (secondary N) is 1. The van der Waals surface area contributed by atoms with E-state index in [4.69, 9.17) is 16.7 Å². The summed E-state index contributed by atoms with van der Waals surface area (Å²) in [5.41, 5.74) is 0.578. The lowest BCUT2D eigenvalue weighted by molar-refractivity contribution is 0.0692. The molecule has 0 unspecified atom stereocenters. The Bertz CT molecular complexity index is 640. The van der Waals surface area contributed by atoms with Crippen molar-refractivity contribution in [1.29, 1.82) is 0 Å². The van der Waals surface area contributed by atoms with E-state index in [9.17, 15) is 9.59 Å². The predicted octanol–water partition coefficient (Wildman–Crippen LogP) is 3.29. The maximum absolute atomic E-state index is 12.0. The highest BCUT2D eigenvalue weighted by atomic mass is 35.5. The van der Waals surface area contributed by atoms with Crippen molar-refractivity contribution in [3.63, 3.8) is 0 Å². The van der Waals surface area contributed by atoms with Crippen molar-refractivity contribution in [3.8, 4) is 0 Å². The molecule has 0 saturated carbocycles. The molecule has 19 heavy (non-hydrogen) atoms. The first-order valence-corrected chi connectivity index (χ1v) is 5.85. The van der Waals surface area contributed by atoms with Crippen molar-refractivity contribution < 1.29 is 14.7 Å². The molecule has 0 aliphatic carbocycles. The van der Waals surface area contributed by atoms with Crippen LogP contribution in [0.4, 0.5) is 5.69 Å². The molecule has 2 aromatic rings. The topological polar surface area (TPSA) is 66.4 Å². The number of benzene rings is 2. The predicted molar refractivity (Wildman–Crippen MR) is 72.8 cm³/mol. The van der Waals surface area contributed by atoms with Crippen molar-refractivity contribution in [2.45, 2.75) is 0 Å². The first kappa shape index (κ1) is 13.1. The Labute approximate surface area is 114 Å². The molecule has 2 aromatic carbocycles. The summed E-state index contributed by atoms with van der Waals surface area (Å²) in [6, 6.07) is 12.7. The highest BCUT2D eigenvalue weighted by Gasteiger charge is 2.15. The second kappa shape index (κ2) is 5.54. The molecule has 0 spiro atoms. The molecule has 0 saturated heterocycles. The molecule has 0 heterocycles. The molecule has 2 N–H and O–H groups in total. The monoisotopic (exact) mass is 275 g/mol. The lowest BCUT2D eigenvalue weighted by Gasteiger charge is -2.07. The molecule has 0 fully saturated rings. The Morgan fingerprint density at radius 1 is 1.00 bits per heavy atom. The lowest BCUT2D eigenvalue weighted by Crippen LogP contribution is -2.16.